The molecule has 0 amide bonds. The molecule has 0 spiro atoms. The lowest BCUT2D eigenvalue weighted by atomic mass is 9.81. The van der Waals surface area contributed by atoms with Crippen molar-refractivity contribution in [3.63, 3.8) is 0 Å². The van der Waals surface area contributed by atoms with Crippen LogP contribution in [0, 0.1) is 3.57 Å². The average Bonchev–Trinajstić information content (AvgIpc) is 3.20. The highest BCUT2D eigenvalue weighted by Gasteiger charge is 2.35. The SMILES string of the molecule is CC1(C)c2cc(I)ccc2-c2ccc(-c3ccc4sc5ccccc5c4c3)cc21. The summed E-state index contributed by atoms with van der Waals surface area (Å²) in [5.74, 6) is 0. The molecule has 0 aliphatic heterocycles. The quantitative estimate of drug-likeness (QED) is 0.201. The largest absolute Gasteiger partial charge is 0.135 e. The van der Waals surface area contributed by atoms with Gasteiger partial charge in [-0.2, -0.15) is 0 Å². The summed E-state index contributed by atoms with van der Waals surface area (Å²) >= 11 is 4.30. The van der Waals surface area contributed by atoms with Gasteiger partial charge in [0.15, 0.2) is 0 Å². The molecule has 0 saturated carbocycles. The van der Waals surface area contributed by atoms with Crippen LogP contribution < -0.4 is 0 Å². The maximum Gasteiger partial charge on any atom is 0.0355 e. The zero-order valence-electron chi connectivity index (χ0n) is 16.3. The number of benzene rings is 4. The van der Waals surface area contributed by atoms with Crippen LogP contribution in [0.5, 0.6) is 0 Å². The highest BCUT2D eigenvalue weighted by Crippen LogP contribution is 2.50. The van der Waals surface area contributed by atoms with Crippen molar-refractivity contribution < 1.29 is 0 Å². The molecule has 0 bridgehead atoms. The minimum Gasteiger partial charge on any atom is -0.135 e. The summed E-state index contributed by atoms with van der Waals surface area (Å²) in [6, 6.07) is 29.5. The summed E-state index contributed by atoms with van der Waals surface area (Å²) in [5.41, 5.74) is 8.27. The molecule has 140 valence electrons. The van der Waals surface area contributed by atoms with Gasteiger partial charge in [-0.25, -0.2) is 0 Å². The van der Waals surface area contributed by atoms with E-state index < -0.39 is 0 Å². The van der Waals surface area contributed by atoms with Crippen molar-refractivity contribution in [3.05, 3.63) is 93.6 Å². The van der Waals surface area contributed by atoms with E-state index in [0.717, 1.165) is 0 Å². The van der Waals surface area contributed by atoms with Crippen molar-refractivity contribution in [1.82, 2.24) is 0 Å². The molecule has 1 heterocycles. The Morgan fingerprint density at radius 2 is 1.31 bits per heavy atom. The Bertz CT molecular complexity index is 1440. The van der Waals surface area contributed by atoms with Crippen LogP contribution in [0.15, 0.2) is 78.9 Å². The predicted octanol–water partition coefficient (Wildman–Crippen LogP) is 8.63. The topological polar surface area (TPSA) is 0 Å². The first-order valence-corrected chi connectivity index (χ1v) is 11.8. The van der Waals surface area contributed by atoms with Gasteiger partial charge in [-0.1, -0.05) is 56.3 Å². The van der Waals surface area contributed by atoms with E-state index >= 15 is 0 Å². The van der Waals surface area contributed by atoms with E-state index in [4.69, 9.17) is 0 Å². The first-order valence-electron chi connectivity index (χ1n) is 9.89. The Kier molecular flexibility index (Phi) is 3.76. The molecule has 29 heavy (non-hydrogen) atoms. The van der Waals surface area contributed by atoms with Gasteiger partial charge in [0.05, 0.1) is 0 Å². The fourth-order valence-corrected chi connectivity index (χ4v) is 6.37. The Morgan fingerprint density at radius 3 is 2.17 bits per heavy atom. The Labute approximate surface area is 188 Å². The van der Waals surface area contributed by atoms with E-state index in [1.54, 1.807) is 0 Å². The predicted molar refractivity (Wildman–Crippen MR) is 135 cm³/mol. The van der Waals surface area contributed by atoms with E-state index in [0.29, 0.717) is 0 Å². The zero-order valence-corrected chi connectivity index (χ0v) is 19.3. The average molecular weight is 502 g/mol. The van der Waals surface area contributed by atoms with Gasteiger partial charge in [-0.15, -0.1) is 11.3 Å². The molecule has 0 atom stereocenters. The number of thiophene rings is 1. The Morgan fingerprint density at radius 1 is 0.655 bits per heavy atom. The van der Waals surface area contributed by atoms with Crippen LogP contribution >= 0.6 is 33.9 Å². The van der Waals surface area contributed by atoms with Crippen molar-refractivity contribution in [3.8, 4) is 22.3 Å². The third kappa shape index (κ3) is 2.55. The van der Waals surface area contributed by atoms with Crippen LogP contribution in [0.1, 0.15) is 25.0 Å². The first-order chi connectivity index (χ1) is 14.0. The summed E-state index contributed by atoms with van der Waals surface area (Å²) in [7, 11) is 0. The minimum atomic E-state index is 0.0288. The number of fused-ring (bicyclic) bond motifs is 6. The molecule has 1 aliphatic rings. The lowest BCUT2D eigenvalue weighted by Crippen LogP contribution is -2.15. The minimum absolute atomic E-state index is 0.0288. The van der Waals surface area contributed by atoms with E-state index in [-0.39, 0.29) is 5.41 Å². The molecule has 0 radical (unpaired) electrons. The van der Waals surface area contributed by atoms with Crippen LogP contribution in [0.25, 0.3) is 42.4 Å². The van der Waals surface area contributed by atoms with Crippen LogP contribution in [0.2, 0.25) is 0 Å². The molecule has 5 aromatic rings. The standard InChI is InChI=1S/C27H19IS/c1-27(2)23-14-17(7-10-19(23)20-11-9-18(28)15-24(20)27)16-8-12-26-22(13-16)21-5-3-4-6-25(21)29-26/h3-15H,1-2H3. The molecule has 1 aliphatic carbocycles. The molecular formula is C27H19IS. The molecule has 0 fully saturated rings. The van der Waals surface area contributed by atoms with Crippen molar-refractivity contribution in [2.45, 2.75) is 19.3 Å². The number of halogens is 1. The number of hydrogen-bond acceptors (Lipinski definition) is 1. The van der Waals surface area contributed by atoms with Crippen molar-refractivity contribution >= 4 is 54.1 Å². The molecule has 0 unspecified atom stereocenters. The van der Waals surface area contributed by atoms with E-state index in [1.165, 1.54) is 57.1 Å². The van der Waals surface area contributed by atoms with E-state index in [1.807, 2.05) is 11.3 Å². The normalized spacial score (nSPS) is 14.3. The maximum atomic E-state index is 2.42. The fourth-order valence-electron chi connectivity index (χ4n) is 4.79. The highest BCUT2D eigenvalue weighted by molar-refractivity contribution is 14.1. The summed E-state index contributed by atoms with van der Waals surface area (Å²) < 4.78 is 4.02. The highest BCUT2D eigenvalue weighted by atomic mass is 127. The van der Waals surface area contributed by atoms with Crippen LogP contribution in [-0.4, -0.2) is 0 Å². The van der Waals surface area contributed by atoms with Crippen LogP contribution in [0.3, 0.4) is 0 Å². The molecule has 0 saturated heterocycles. The molecule has 1 aromatic heterocycles. The van der Waals surface area contributed by atoms with E-state index in [9.17, 15) is 0 Å². The first kappa shape index (κ1) is 17.7. The molecule has 6 rings (SSSR count). The molecular weight excluding hydrogens is 483 g/mol. The summed E-state index contributed by atoms with van der Waals surface area (Å²) in [6.45, 7) is 4.71. The van der Waals surface area contributed by atoms with Gasteiger partial charge < -0.3 is 0 Å². The van der Waals surface area contributed by atoms with Gasteiger partial charge in [0.2, 0.25) is 0 Å². The van der Waals surface area contributed by atoms with Crippen molar-refractivity contribution in [2.24, 2.45) is 0 Å². The van der Waals surface area contributed by atoms with Crippen LogP contribution in [-0.2, 0) is 5.41 Å². The maximum absolute atomic E-state index is 2.42. The van der Waals surface area contributed by atoms with Gasteiger partial charge in [-0.3, -0.25) is 0 Å². The fraction of sp³-hybridized carbons (Fsp3) is 0.111. The molecule has 0 N–H and O–H groups in total. The second kappa shape index (κ2) is 6.16. The lowest BCUT2D eigenvalue weighted by Gasteiger charge is -2.22. The Hall–Kier alpha value is -2.17. The summed E-state index contributed by atoms with van der Waals surface area (Å²) in [4.78, 5) is 0. The zero-order chi connectivity index (χ0) is 19.8. The van der Waals surface area contributed by atoms with Gasteiger partial charge >= 0.3 is 0 Å². The summed E-state index contributed by atoms with van der Waals surface area (Å²) in [5, 5.41) is 2.72. The van der Waals surface area contributed by atoms with E-state index in [2.05, 4.69) is 115 Å². The van der Waals surface area contributed by atoms with Gasteiger partial charge in [0.25, 0.3) is 0 Å². The summed E-state index contributed by atoms with van der Waals surface area (Å²) in [6.07, 6.45) is 0. The lowest BCUT2D eigenvalue weighted by molar-refractivity contribution is 0.660. The number of hydrogen-bond donors (Lipinski definition) is 0. The number of rotatable bonds is 1. The smallest absolute Gasteiger partial charge is 0.0355 e. The monoisotopic (exact) mass is 502 g/mol. The molecule has 0 nitrogen and oxygen atoms in total. The van der Waals surface area contributed by atoms with Gasteiger partial charge in [0, 0.05) is 29.2 Å². The molecule has 4 aromatic carbocycles. The third-order valence-electron chi connectivity index (χ3n) is 6.35. The van der Waals surface area contributed by atoms with Gasteiger partial charge in [-0.05, 0) is 92.4 Å². The van der Waals surface area contributed by atoms with Gasteiger partial charge in [0.1, 0.15) is 0 Å². The second-order valence-electron chi connectivity index (χ2n) is 8.38. The third-order valence-corrected chi connectivity index (χ3v) is 8.17. The van der Waals surface area contributed by atoms with Crippen LogP contribution in [0.4, 0.5) is 0 Å². The van der Waals surface area contributed by atoms with Crippen molar-refractivity contribution in [1.29, 1.82) is 0 Å². The Balaban J connectivity index is 1.54. The molecule has 2 heteroatoms. The van der Waals surface area contributed by atoms with Crippen molar-refractivity contribution in [2.75, 3.05) is 0 Å². The second-order valence-corrected chi connectivity index (χ2v) is 10.7.